The summed E-state index contributed by atoms with van der Waals surface area (Å²) in [4.78, 5) is 59.2. The van der Waals surface area contributed by atoms with Gasteiger partial charge in [-0.2, -0.15) is 0 Å². The van der Waals surface area contributed by atoms with Gasteiger partial charge in [-0.15, -0.1) is 11.6 Å². The fourth-order valence-corrected chi connectivity index (χ4v) is 3.67. The van der Waals surface area contributed by atoms with E-state index in [0.29, 0.717) is 17.5 Å². The van der Waals surface area contributed by atoms with Crippen LogP contribution in [0.25, 0.3) is 0 Å². The molecule has 0 saturated heterocycles. The van der Waals surface area contributed by atoms with Crippen molar-refractivity contribution < 1.29 is 28.7 Å². The van der Waals surface area contributed by atoms with Gasteiger partial charge in [-0.25, -0.2) is 4.79 Å². The standard InChI is InChI=1S/C20H29NO3.C12H15NO3.C2H5Cl/c1-5-6-7-8-18(22)15(3)13-19(23)16(4)21-20(24)17-11-9-14(2)10-12-17;1-8-4-6-10(7-5-8)11(14)13-9(2)12(15)16-3;1-2-3/h9-12,15-16H,5-8,13H2,1-4H3,(H,21,24);4-7,9H,1-3H3,(H,13,14);2H2,1H3/t15-,16+;9-;/m10./s1. The number of hydrogen-bond acceptors (Lipinski definition) is 6. The molecule has 3 atom stereocenters. The third kappa shape index (κ3) is 16.6. The Labute approximate surface area is 262 Å². The van der Waals surface area contributed by atoms with Crippen LogP contribution in [0.5, 0.6) is 0 Å². The fraction of sp³-hybridized carbons (Fsp3) is 0.500. The first-order valence-electron chi connectivity index (χ1n) is 14.7. The van der Waals surface area contributed by atoms with Gasteiger partial charge < -0.3 is 15.4 Å². The van der Waals surface area contributed by atoms with E-state index in [-0.39, 0.29) is 35.7 Å². The Hall–Kier alpha value is -3.52. The highest BCUT2D eigenvalue weighted by atomic mass is 35.5. The molecule has 9 heteroatoms. The number of ketones is 2. The number of aryl methyl sites for hydroxylation is 2. The van der Waals surface area contributed by atoms with Crippen LogP contribution in [0.3, 0.4) is 0 Å². The molecule has 2 N–H and O–H groups in total. The molecule has 0 spiro atoms. The minimum atomic E-state index is -0.640. The summed E-state index contributed by atoms with van der Waals surface area (Å²) in [6.45, 7) is 12.9. The number of unbranched alkanes of at least 4 members (excludes halogenated alkanes) is 2. The Bertz CT molecular complexity index is 1150. The minimum absolute atomic E-state index is 0.105. The third-order valence-electron chi connectivity index (χ3n) is 6.44. The number of benzene rings is 2. The lowest BCUT2D eigenvalue weighted by molar-refractivity contribution is -0.142. The number of rotatable bonds is 13. The molecule has 8 nitrogen and oxygen atoms in total. The molecule has 0 saturated carbocycles. The number of esters is 1. The first-order valence-corrected chi connectivity index (χ1v) is 15.3. The van der Waals surface area contributed by atoms with Gasteiger partial charge in [0.05, 0.1) is 13.2 Å². The number of carbonyl (C=O) groups is 5. The Balaban J connectivity index is 0.000000800. The monoisotopic (exact) mass is 616 g/mol. The zero-order chi connectivity index (χ0) is 32.9. The van der Waals surface area contributed by atoms with Crippen molar-refractivity contribution in [2.75, 3.05) is 13.0 Å². The molecule has 0 radical (unpaired) electrons. The van der Waals surface area contributed by atoms with E-state index in [0.717, 1.165) is 36.3 Å². The van der Waals surface area contributed by atoms with Gasteiger partial charge in [-0.1, -0.05) is 69.0 Å². The summed E-state index contributed by atoms with van der Waals surface area (Å²) in [5.74, 6) is -0.537. The normalized spacial score (nSPS) is 12.1. The summed E-state index contributed by atoms with van der Waals surface area (Å²) in [7, 11) is 1.29. The molecular formula is C34H49ClN2O6. The van der Waals surface area contributed by atoms with Crippen molar-refractivity contribution in [3.8, 4) is 0 Å². The Kier molecular flexibility index (Phi) is 20.3. The largest absolute Gasteiger partial charge is 0.467 e. The molecule has 0 aliphatic heterocycles. The lowest BCUT2D eigenvalue weighted by Crippen LogP contribution is -2.39. The SMILES string of the molecule is CCCCCC(=O)[C@H](C)CC(=O)[C@H](C)NC(=O)c1ccc(C)cc1.CCCl.COC(=O)[C@H](C)NC(=O)c1ccc(C)cc1. The van der Waals surface area contributed by atoms with E-state index < -0.39 is 18.1 Å². The number of Topliss-reactive ketones (excluding diaryl/α,β-unsaturated/α-hetero) is 2. The number of methoxy groups -OCH3 is 1. The van der Waals surface area contributed by atoms with Gasteiger partial charge in [0, 0.05) is 35.8 Å². The summed E-state index contributed by atoms with van der Waals surface area (Å²) in [5.41, 5.74) is 3.22. The molecule has 0 bridgehead atoms. The van der Waals surface area contributed by atoms with Crippen LogP contribution in [0, 0.1) is 19.8 Å². The highest BCUT2D eigenvalue weighted by Gasteiger charge is 2.22. The summed E-state index contributed by atoms with van der Waals surface area (Å²) < 4.78 is 4.51. The first kappa shape index (κ1) is 39.5. The molecule has 0 fully saturated rings. The molecule has 43 heavy (non-hydrogen) atoms. The van der Waals surface area contributed by atoms with E-state index in [2.05, 4.69) is 22.3 Å². The van der Waals surface area contributed by atoms with Crippen molar-refractivity contribution in [2.24, 2.45) is 5.92 Å². The number of amides is 2. The van der Waals surface area contributed by atoms with Crippen LogP contribution in [0.2, 0.25) is 0 Å². The van der Waals surface area contributed by atoms with E-state index >= 15 is 0 Å². The predicted molar refractivity (Wildman–Crippen MR) is 173 cm³/mol. The van der Waals surface area contributed by atoms with Crippen LogP contribution in [0.15, 0.2) is 48.5 Å². The van der Waals surface area contributed by atoms with Crippen molar-refractivity contribution in [3.05, 3.63) is 70.8 Å². The molecule has 2 rings (SSSR count). The number of alkyl halides is 1. The molecule has 0 aliphatic rings. The highest BCUT2D eigenvalue weighted by Crippen LogP contribution is 2.12. The second-order valence-electron chi connectivity index (χ2n) is 10.4. The maximum atomic E-state index is 12.2. The number of halogens is 1. The molecule has 0 unspecified atom stereocenters. The zero-order valence-corrected chi connectivity index (χ0v) is 27.7. The molecule has 2 amide bonds. The molecule has 0 heterocycles. The smallest absolute Gasteiger partial charge is 0.328 e. The highest BCUT2D eigenvalue weighted by molar-refractivity contribution is 6.17. The summed E-state index contributed by atoms with van der Waals surface area (Å²) >= 11 is 5.00. The van der Waals surface area contributed by atoms with E-state index in [1.165, 1.54) is 7.11 Å². The van der Waals surface area contributed by atoms with Crippen molar-refractivity contribution in [1.82, 2.24) is 10.6 Å². The molecular weight excluding hydrogens is 568 g/mol. The molecule has 0 aromatic heterocycles. The number of hydrogen-bond donors (Lipinski definition) is 2. The van der Waals surface area contributed by atoms with Crippen molar-refractivity contribution in [3.63, 3.8) is 0 Å². The topological polar surface area (TPSA) is 119 Å². The number of carbonyl (C=O) groups excluding carboxylic acids is 5. The first-order chi connectivity index (χ1) is 20.3. The predicted octanol–water partition coefficient (Wildman–Crippen LogP) is 6.39. The Morgan fingerprint density at radius 2 is 1.14 bits per heavy atom. The summed E-state index contributed by atoms with van der Waals surface area (Å²) in [6.07, 6.45) is 3.71. The van der Waals surface area contributed by atoms with Crippen LogP contribution in [0.4, 0.5) is 0 Å². The molecule has 238 valence electrons. The van der Waals surface area contributed by atoms with Gasteiger partial charge in [-0.3, -0.25) is 19.2 Å². The van der Waals surface area contributed by atoms with Crippen LogP contribution < -0.4 is 10.6 Å². The van der Waals surface area contributed by atoms with Crippen molar-refractivity contribution in [1.29, 1.82) is 0 Å². The number of ether oxygens (including phenoxy) is 1. The average molecular weight is 617 g/mol. The quantitative estimate of drug-likeness (QED) is 0.153. The molecule has 2 aromatic rings. The lowest BCUT2D eigenvalue weighted by atomic mass is 9.94. The third-order valence-corrected chi connectivity index (χ3v) is 6.44. The van der Waals surface area contributed by atoms with Gasteiger partial charge in [0.15, 0.2) is 5.78 Å². The van der Waals surface area contributed by atoms with E-state index in [1.54, 1.807) is 45.0 Å². The second-order valence-corrected chi connectivity index (χ2v) is 10.9. The van der Waals surface area contributed by atoms with Crippen LogP contribution >= 0.6 is 11.6 Å². The number of nitrogens with one attached hydrogen (secondary N) is 2. The lowest BCUT2D eigenvalue weighted by Gasteiger charge is -2.16. The van der Waals surface area contributed by atoms with Gasteiger partial charge >= 0.3 is 5.97 Å². The zero-order valence-electron chi connectivity index (χ0n) is 26.9. The maximum absolute atomic E-state index is 12.2. The second kappa shape index (κ2) is 22.1. The molecule has 0 aliphatic carbocycles. The molecule has 2 aromatic carbocycles. The van der Waals surface area contributed by atoms with E-state index in [4.69, 9.17) is 11.6 Å². The maximum Gasteiger partial charge on any atom is 0.328 e. The van der Waals surface area contributed by atoms with Gasteiger partial charge in [-0.05, 0) is 58.4 Å². The van der Waals surface area contributed by atoms with Gasteiger partial charge in [0.25, 0.3) is 11.8 Å². The average Bonchev–Trinajstić information content (AvgIpc) is 2.97. The summed E-state index contributed by atoms with van der Waals surface area (Å²) in [5, 5.41) is 5.27. The Morgan fingerprint density at radius 1 is 0.721 bits per heavy atom. The fourth-order valence-electron chi connectivity index (χ4n) is 3.67. The van der Waals surface area contributed by atoms with Crippen molar-refractivity contribution >= 4 is 41.0 Å². The Morgan fingerprint density at radius 3 is 1.53 bits per heavy atom. The van der Waals surface area contributed by atoms with E-state index in [1.807, 2.05) is 45.0 Å². The van der Waals surface area contributed by atoms with Crippen LogP contribution in [-0.4, -0.2) is 54.4 Å². The van der Waals surface area contributed by atoms with Crippen molar-refractivity contribution in [2.45, 2.75) is 92.7 Å². The van der Waals surface area contributed by atoms with Crippen LogP contribution in [-0.2, 0) is 19.1 Å². The van der Waals surface area contributed by atoms with E-state index in [9.17, 15) is 24.0 Å². The van der Waals surface area contributed by atoms with Crippen LogP contribution in [0.1, 0.15) is 98.6 Å². The minimum Gasteiger partial charge on any atom is -0.467 e. The van der Waals surface area contributed by atoms with Gasteiger partial charge in [0.1, 0.15) is 11.8 Å². The summed E-state index contributed by atoms with van der Waals surface area (Å²) in [6, 6.07) is 13.1. The van der Waals surface area contributed by atoms with Gasteiger partial charge in [0.2, 0.25) is 0 Å².